The number of hydrogen-bond donors (Lipinski definition) is 2. The second kappa shape index (κ2) is 11.2. The molecular formula is C23H34N4O2S. The predicted octanol–water partition coefficient (Wildman–Crippen LogP) is 3.90. The molecule has 1 aromatic heterocycles. The second-order valence-electron chi connectivity index (χ2n) is 7.60. The van der Waals surface area contributed by atoms with Crippen molar-refractivity contribution >= 4 is 17.3 Å². The molecule has 3 rings (SSSR count). The number of hydrogen-bond acceptors (Lipinski definition) is 5. The van der Waals surface area contributed by atoms with Crippen molar-refractivity contribution in [1.29, 1.82) is 0 Å². The number of thiophene rings is 1. The monoisotopic (exact) mass is 430 g/mol. The molecule has 0 aliphatic carbocycles. The second-order valence-corrected chi connectivity index (χ2v) is 8.58. The average Bonchev–Trinajstić information content (AvgIpc) is 3.30. The van der Waals surface area contributed by atoms with Gasteiger partial charge >= 0.3 is 0 Å². The van der Waals surface area contributed by atoms with Gasteiger partial charge in [0.25, 0.3) is 0 Å². The van der Waals surface area contributed by atoms with Crippen LogP contribution < -0.4 is 20.1 Å². The lowest BCUT2D eigenvalue weighted by atomic mass is 9.88. The number of piperidine rings is 1. The van der Waals surface area contributed by atoms with Gasteiger partial charge < -0.3 is 20.1 Å². The Labute approximate surface area is 184 Å². The Balaban J connectivity index is 1.68. The van der Waals surface area contributed by atoms with Gasteiger partial charge in [0.15, 0.2) is 5.96 Å². The van der Waals surface area contributed by atoms with E-state index in [1.54, 1.807) is 14.2 Å². The molecule has 7 heteroatoms. The summed E-state index contributed by atoms with van der Waals surface area (Å²) in [7, 11) is 5.58. The van der Waals surface area contributed by atoms with Crippen LogP contribution in [0.3, 0.4) is 0 Å². The van der Waals surface area contributed by atoms with Gasteiger partial charge in [-0.05, 0) is 62.9 Å². The molecule has 2 atom stereocenters. The third-order valence-corrected chi connectivity index (χ3v) is 6.56. The van der Waals surface area contributed by atoms with Crippen LogP contribution >= 0.6 is 11.3 Å². The van der Waals surface area contributed by atoms with Crippen LogP contribution in [0.1, 0.15) is 36.2 Å². The van der Waals surface area contributed by atoms with Crippen LogP contribution in [0.2, 0.25) is 0 Å². The lowest BCUT2D eigenvalue weighted by Crippen LogP contribution is -2.44. The van der Waals surface area contributed by atoms with E-state index < -0.39 is 0 Å². The summed E-state index contributed by atoms with van der Waals surface area (Å²) in [5, 5.41) is 9.14. The first kappa shape index (κ1) is 22.4. The molecular weight excluding hydrogens is 396 g/mol. The fourth-order valence-electron chi connectivity index (χ4n) is 4.10. The summed E-state index contributed by atoms with van der Waals surface area (Å²) in [5.74, 6) is 2.97. The maximum absolute atomic E-state index is 5.51. The largest absolute Gasteiger partial charge is 0.497 e. The van der Waals surface area contributed by atoms with Crippen molar-refractivity contribution in [3.63, 3.8) is 0 Å². The minimum atomic E-state index is 0.468. The standard InChI is InChI=1S/C23H34N4O2S/c1-5-24-23(25-15-17-10-11-19(28-3)14-20(17)29-4)26-16-18-8-6-12-27(2)22(18)21-9-7-13-30-21/h7,9-11,13-14,18,22H,5-6,8,12,15-16H2,1-4H3,(H2,24,25,26). The number of aliphatic imine (C=N–C) groups is 1. The Kier molecular flexibility index (Phi) is 8.39. The first-order chi connectivity index (χ1) is 14.7. The molecule has 0 bridgehead atoms. The van der Waals surface area contributed by atoms with Gasteiger partial charge in [0.2, 0.25) is 0 Å². The number of rotatable bonds is 8. The average molecular weight is 431 g/mol. The zero-order chi connectivity index (χ0) is 21.3. The van der Waals surface area contributed by atoms with Crippen molar-refractivity contribution in [3.05, 3.63) is 46.2 Å². The van der Waals surface area contributed by atoms with Gasteiger partial charge in [-0.1, -0.05) is 6.07 Å². The number of methoxy groups -OCH3 is 2. The van der Waals surface area contributed by atoms with Crippen molar-refractivity contribution in [1.82, 2.24) is 15.5 Å². The number of likely N-dealkylation sites (tertiary alicyclic amines) is 1. The molecule has 2 aromatic rings. The van der Waals surface area contributed by atoms with E-state index in [2.05, 4.69) is 47.0 Å². The predicted molar refractivity (Wildman–Crippen MR) is 125 cm³/mol. The van der Waals surface area contributed by atoms with Crippen molar-refractivity contribution in [3.8, 4) is 11.5 Å². The Bertz CT molecular complexity index is 810. The summed E-state index contributed by atoms with van der Waals surface area (Å²) >= 11 is 1.86. The summed E-state index contributed by atoms with van der Waals surface area (Å²) in [5.41, 5.74) is 1.03. The van der Waals surface area contributed by atoms with Gasteiger partial charge in [-0.2, -0.15) is 0 Å². The van der Waals surface area contributed by atoms with Gasteiger partial charge in [0.1, 0.15) is 11.5 Å². The smallest absolute Gasteiger partial charge is 0.191 e. The van der Waals surface area contributed by atoms with Crippen LogP contribution in [0.4, 0.5) is 0 Å². The van der Waals surface area contributed by atoms with E-state index in [-0.39, 0.29) is 0 Å². The fourth-order valence-corrected chi connectivity index (χ4v) is 5.08. The Hall–Kier alpha value is -2.25. The Morgan fingerprint density at radius 2 is 2.10 bits per heavy atom. The molecule has 0 amide bonds. The number of benzene rings is 1. The number of nitrogens with one attached hydrogen (secondary N) is 2. The van der Waals surface area contributed by atoms with Gasteiger partial charge in [0.05, 0.1) is 20.8 Å². The third kappa shape index (κ3) is 5.67. The topological polar surface area (TPSA) is 58.1 Å². The van der Waals surface area contributed by atoms with Crippen LogP contribution in [0.5, 0.6) is 11.5 Å². The Morgan fingerprint density at radius 3 is 2.80 bits per heavy atom. The third-order valence-electron chi connectivity index (χ3n) is 5.62. The highest BCUT2D eigenvalue weighted by Gasteiger charge is 2.31. The lowest BCUT2D eigenvalue weighted by Gasteiger charge is -2.39. The van der Waals surface area contributed by atoms with E-state index in [0.29, 0.717) is 18.5 Å². The van der Waals surface area contributed by atoms with Crippen LogP contribution in [-0.2, 0) is 6.54 Å². The summed E-state index contributed by atoms with van der Waals surface area (Å²) in [6, 6.07) is 10.7. The number of guanidine groups is 1. The first-order valence-corrected chi connectivity index (χ1v) is 11.5. The van der Waals surface area contributed by atoms with E-state index >= 15 is 0 Å². The van der Waals surface area contributed by atoms with Crippen molar-refractivity contribution < 1.29 is 9.47 Å². The maximum Gasteiger partial charge on any atom is 0.191 e. The van der Waals surface area contributed by atoms with E-state index in [0.717, 1.165) is 42.7 Å². The molecule has 0 saturated carbocycles. The molecule has 6 nitrogen and oxygen atoms in total. The number of nitrogens with zero attached hydrogens (tertiary/aromatic N) is 2. The Morgan fingerprint density at radius 1 is 1.23 bits per heavy atom. The maximum atomic E-state index is 5.51. The highest BCUT2D eigenvalue weighted by molar-refractivity contribution is 7.10. The van der Waals surface area contributed by atoms with Crippen molar-refractivity contribution in [2.75, 3.05) is 40.9 Å². The van der Waals surface area contributed by atoms with Crippen LogP contribution in [-0.4, -0.2) is 51.8 Å². The van der Waals surface area contributed by atoms with E-state index in [1.165, 1.54) is 17.7 Å². The molecule has 164 valence electrons. The molecule has 1 aromatic carbocycles. The zero-order valence-electron chi connectivity index (χ0n) is 18.5. The van der Waals surface area contributed by atoms with E-state index in [9.17, 15) is 0 Å². The van der Waals surface area contributed by atoms with Crippen molar-refractivity contribution in [2.24, 2.45) is 10.9 Å². The minimum absolute atomic E-state index is 0.468. The SMILES string of the molecule is CCNC(=NCc1ccc(OC)cc1OC)NCC1CCCN(C)C1c1cccs1. The van der Waals surface area contributed by atoms with E-state index in [1.807, 2.05) is 29.5 Å². The van der Waals surface area contributed by atoms with Gasteiger partial charge in [-0.3, -0.25) is 4.90 Å². The summed E-state index contributed by atoms with van der Waals surface area (Å²) in [6.07, 6.45) is 2.47. The van der Waals surface area contributed by atoms with E-state index in [4.69, 9.17) is 14.5 Å². The molecule has 30 heavy (non-hydrogen) atoms. The summed E-state index contributed by atoms with van der Waals surface area (Å²) in [4.78, 5) is 8.75. The molecule has 2 N–H and O–H groups in total. The van der Waals surface area contributed by atoms with Gasteiger partial charge in [0, 0.05) is 35.6 Å². The minimum Gasteiger partial charge on any atom is -0.497 e. The molecule has 1 saturated heterocycles. The van der Waals surface area contributed by atoms with Crippen LogP contribution in [0.25, 0.3) is 0 Å². The highest BCUT2D eigenvalue weighted by atomic mass is 32.1. The zero-order valence-corrected chi connectivity index (χ0v) is 19.3. The number of ether oxygens (including phenoxy) is 2. The summed E-state index contributed by atoms with van der Waals surface area (Å²) in [6.45, 7) is 5.52. The summed E-state index contributed by atoms with van der Waals surface area (Å²) < 4.78 is 10.8. The van der Waals surface area contributed by atoms with Gasteiger partial charge in [-0.15, -0.1) is 11.3 Å². The van der Waals surface area contributed by atoms with Gasteiger partial charge in [-0.25, -0.2) is 4.99 Å². The first-order valence-electron chi connectivity index (χ1n) is 10.6. The molecule has 0 radical (unpaired) electrons. The van der Waals surface area contributed by atoms with Crippen molar-refractivity contribution in [2.45, 2.75) is 32.4 Å². The van der Waals surface area contributed by atoms with Crippen LogP contribution in [0.15, 0.2) is 40.7 Å². The normalized spacial score (nSPS) is 20.1. The molecule has 2 unspecified atom stereocenters. The quantitative estimate of drug-likeness (QED) is 0.491. The van der Waals surface area contributed by atoms with Crippen LogP contribution in [0, 0.1) is 5.92 Å². The highest BCUT2D eigenvalue weighted by Crippen LogP contribution is 2.36. The molecule has 1 aliphatic heterocycles. The molecule has 1 fully saturated rings. The molecule has 1 aliphatic rings. The molecule has 2 heterocycles. The lowest BCUT2D eigenvalue weighted by molar-refractivity contribution is 0.125. The fraction of sp³-hybridized carbons (Fsp3) is 0.522. The molecule has 0 spiro atoms.